The van der Waals surface area contributed by atoms with Crippen molar-refractivity contribution in [2.75, 3.05) is 0 Å². The van der Waals surface area contributed by atoms with Gasteiger partial charge in [0.05, 0.1) is 42.6 Å². The SMILES string of the molecule is C[n+]1[c-]n(-c2[c-]c3ccccc3c3ccccc23)c(-c2ccccc2)c1-c1ccccc1.C[n+]1[c-]n(-c2[c-]c3ccccc3c3ccccc23)c(-c2ccccc2)c1-c1ccccc1.FC(F)(F)c1n[n-]c(-c2ccccn2)n1.[Ir]. The van der Waals surface area contributed by atoms with Gasteiger partial charge in [-0.05, 0) is 51.6 Å². The molecule has 0 saturated carbocycles. The zero-order chi connectivity index (χ0) is 53.9. The summed E-state index contributed by atoms with van der Waals surface area (Å²) in [6.07, 6.45) is 4.04. The van der Waals surface area contributed by atoms with Crippen molar-refractivity contribution < 1.29 is 42.4 Å². The van der Waals surface area contributed by atoms with Crippen LogP contribution in [-0.2, 0) is 40.4 Å². The molecule has 0 unspecified atom stereocenters. The van der Waals surface area contributed by atoms with E-state index in [9.17, 15) is 13.2 Å². The van der Waals surface area contributed by atoms with Crippen LogP contribution in [0.3, 0.4) is 0 Å². The van der Waals surface area contributed by atoms with Crippen molar-refractivity contribution >= 4 is 43.1 Å². The van der Waals surface area contributed by atoms with Gasteiger partial charge in [0, 0.05) is 26.3 Å². The number of fused-ring (bicyclic) bond motifs is 6. The maximum absolute atomic E-state index is 12.1. The zero-order valence-electron chi connectivity index (χ0n) is 43.1. The molecule has 14 aromatic rings. The van der Waals surface area contributed by atoms with Crippen LogP contribution < -0.4 is 14.2 Å². The molecule has 8 nitrogen and oxygen atoms in total. The smallest absolute Gasteiger partial charge is 0.413 e. The summed E-state index contributed by atoms with van der Waals surface area (Å²) in [5, 5.41) is 15.7. The Hall–Kier alpha value is -9.61. The van der Waals surface area contributed by atoms with Crippen LogP contribution >= 0.6 is 0 Å². The standard InChI is InChI=1S/2C30H21N2.C8H4F3N4.Ir/c2*1-31-21-32(28-20-24-16-8-9-17-25(24)26-18-10-11-19-27(26)28)30(23-14-6-3-7-15-23)29(31)22-12-4-2-5-13-22;9-8(10,11)7-13-6(14-15-7)5-3-1-2-4-12-5;/h2*2-19H,1H3;1-4H;/q3*-1;. The van der Waals surface area contributed by atoms with Crippen molar-refractivity contribution in [3.8, 4) is 67.9 Å². The van der Waals surface area contributed by atoms with Gasteiger partial charge in [0.2, 0.25) is 12.7 Å². The largest absolute Gasteiger partial charge is 0.429 e. The molecule has 0 aliphatic heterocycles. The van der Waals surface area contributed by atoms with E-state index < -0.39 is 12.0 Å². The Bertz CT molecular complexity index is 4190. The average molecular weight is 1220 g/mol. The molecule has 0 saturated heterocycles. The van der Waals surface area contributed by atoms with E-state index in [4.69, 9.17) is 0 Å². The summed E-state index contributed by atoms with van der Waals surface area (Å²) in [4.78, 5) is 7.05. The van der Waals surface area contributed by atoms with Crippen LogP contribution in [0, 0.1) is 24.8 Å². The van der Waals surface area contributed by atoms with E-state index in [1.54, 1.807) is 12.1 Å². The summed E-state index contributed by atoms with van der Waals surface area (Å²) in [7, 11) is 4.13. The second kappa shape index (κ2) is 22.8. The molecule has 4 aromatic heterocycles. The molecule has 0 aliphatic carbocycles. The van der Waals surface area contributed by atoms with Gasteiger partial charge in [-0.1, -0.05) is 210 Å². The Kier molecular flexibility index (Phi) is 14.9. The minimum Gasteiger partial charge on any atom is -0.413 e. The van der Waals surface area contributed by atoms with Crippen LogP contribution in [0.4, 0.5) is 13.2 Å². The van der Waals surface area contributed by atoms with Gasteiger partial charge in [0.1, 0.15) is 5.82 Å². The minimum absolute atomic E-state index is 0. The molecule has 10 aromatic carbocycles. The van der Waals surface area contributed by atoms with E-state index in [-0.39, 0.29) is 31.6 Å². The topological polar surface area (TPSA) is 70.4 Å². The van der Waals surface area contributed by atoms with E-state index in [1.165, 1.54) is 33.8 Å². The van der Waals surface area contributed by atoms with Crippen molar-refractivity contribution in [2.45, 2.75) is 6.18 Å². The molecule has 0 spiro atoms. The third-order valence-corrected chi connectivity index (χ3v) is 13.6. The molecule has 80 heavy (non-hydrogen) atoms. The molecular weight excluding hydrogens is 1180 g/mol. The van der Waals surface area contributed by atoms with Crippen molar-refractivity contribution in [2.24, 2.45) is 14.1 Å². The molecule has 4 heterocycles. The van der Waals surface area contributed by atoms with Crippen LogP contribution in [0.1, 0.15) is 5.82 Å². The number of halogens is 3. The normalized spacial score (nSPS) is 11.2. The monoisotopic (exact) mass is 1220 g/mol. The van der Waals surface area contributed by atoms with Gasteiger partial charge in [-0.15, -0.1) is 70.1 Å². The molecule has 0 bridgehead atoms. The van der Waals surface area contributed by atoms with Gasteiger partial charge < -0.3 is 28.4 Å². The predicted molar refractivity (Wildman–Crippen MR) is 305 cm³/mol. The van der Waals surface area contributed by atoms with E-state index in [0.29, 0.717) is 0 Å². The summed E-state index contributed by atoms with van der Waals surface area (Å²) in [5.74, 6) is -1.37. The average Bonchev–Trinajstić information content (AvgIpc) is 4.27. The predicted octanol–water partition coefficient (Wildman–Crippen LogP) is 14.6. The molecule has 0 atom stereocenters. The van der Waals surface area contributed by atoms with Crippen LogP contribution in [0.5, 0.6) is 0 Å². The summed E-state index contributed by atoms with van der Waals surface area (Å²) < 4.78 is 44.9. The number of rotatable bonds is 7. The Morgan fingerprint density at radius 3 is 1.18 bits per heavy atom. The summed E-state index contributed by atoms with van der Waals surface area (Å²) in [5.41, 5.74) is 11.4. The fourth-order valence-corrected chi connectivity index (χ4v) is 10.1. The second-order valence-electron chi connectivity index (χ2n) is 18.6. The van der Waals surface area contributed by atoms with Gasteiger partial charge in [0.25, 0.3) is 0 Å². The van der Waals surface area contributed by atoms with E-state index in [1.807, 2.05) is 0 Å². The number of alkyl halides is 3. The van der Waals surface area contributed by atoms with Gasteiger partial charge in [-0.25, -0.2) is 0 Å². The molecule has 14 rings (SSSR count). The van der Waals surface area contributed by atoms with Gasteiger partial charge in [-0.3, -0.25) is 10.1 Å². The van der Waals surface area contributed by atoms with Crippen molar-refractivity contribution in [3.05, 3.63) is 273 Å². The first-order valence-electron chi connectivity index (χ1n) is 25.5. The number of aromatic nitrogens is 8. The summed E-state index contributed by atoms with van der Waals surface area (Å²) >= 11 is 0. The second-order valence-corrected chi connectivity index (χ2v) is 18.6. The third-order valence-electron chi connectivity index (χ3n) is 13.6. The van der Waals surface area contributed by atoms with Crippen LogP contribution in [-0.4, -0.2) is 24.2 Å². The Morgan fingerprint density at radius 2 is 0.787 bits per heavy atom. The van der Waals surface area contributed by atoms with Gasteiger partial charge >= 0.3 is 6.18 Å². The first kappa shape index (κ1) is 52.4. The fraction of sp³-hybridized carbons (Fsp3) is 0.0441. The summed E-state index contributed by atoms with van der Waals surface area (Å²) in [6, 6.07) is 88.4. The quantitative estimate of drug-likeness (QED) is 0.0906. The molecule has 0 amide bonds. The van der Waals surface area contributed by atoms with Gasteiger partial charge in [0.15, 0.2) is 0 Å². The van der Waals surface area contributed by atoms with E-state index in [0.717, 1.165) is 77.9 Å². The molecule has 0 N–H and O–H groups in total. The van der Waals surface area contributed by atoms with Crippen LogP contribution in [0.2, 0.25) is 0 Å². The molecule has 1 radical (unpaired) electrons. The van der Waals surface area contributed by atoms with Crippen molar-refractivity contribution in [1.82, 2.24) is 29.3 Å². The molecule has 12 heteroatoms. The number of hydrogen-bond acceptors (Lipinski definition) is 3. The molecular formula is C68H46F3IrN8-3. The number of pyridine rings is 1. The maximum Gasteiger partial charge on any atom is 0.429 e. The zero-order valence-corrected chi connectivity index (χ0v) is 45.5. The van der Waals surface area contributed by atoms with Crippen molar-refractivity contribution in [1.29, 1.82) is 0 Å². The third kappa shape index (κ3) is 10.3. The number of hydrogen-bond donors (Lipinski definition) is 0. The Labute approximate surface area is 473 Å². The maximum atomic E-state index is 12.1. The number of nitrogens with zero attached hydrogens (tertiary/aromatic N) is 8. The first-order chi connectivity index (χ1) is 38.7. The first-order valence-corrected chi connectivity index (χ1v) is 25.5. The number of imidazole rings is 2. The fourth-order valence-electron chi connectivity index (χ4n) is 10.1. The van der Waals surface area contributed by atoms with Gasteiger partial charge in [-0.2, -0.15) is 13.2 Å². The van der Waals surface area contributed by atoms with Crippen molar-refractivity contribution in [3.63, 3.8) is 0 Å². The Morgan fingerprint density at radius 1 is 0.425 bits per heavy atom. The number of aryl methyl sites for hydroxylation is 2. The van der Waals surface area contributed by atoms with Crippen LogP contribution in [0.15, 0.2) is 243 Å². The molecule has 391 valence electrons. The van der Waals surface area contributed by atoms with Crippen LogP contribution in [0.25, 0.3) is 111 Å². The van der Waals surface area contributed by atoms with E-state index >= 15 is 0 Å². The minimum atomic E-state index is -4.57. The summed E-state index contributed by atoms with van der Waals surface area (Å²) in [6.45, 7) is 0. The van der Waals surface area contributed by atoms with E-state index in [2.05, 4.69) is 296 Å². The molecule has 0 fully saturated rings. The number of benzene rings is 10. The Balaban J connectivity index is 0.000000134. The molecule has 0 aliphatic rings.